The van der Waals surface area contributed by atoms with Crippen molar-refractivity contribution in [2.24, 2.45) is 0 Å². The molecule has 0 spiro atoms. The molecule has 9 aromatic heterocycles. The fourth-order valence-corrected chi connectivity index (χ4v) is 24.1. The van der Waals surface area contributed by atoms with Gasteiger partial charge in [0.2, 0.25) is 5.95 Å². The molecule has 12 heteroatoms. The smallest absolute Gasteiger partial charge is 0.456 e. The maximum atomic E-state index is 6.10. The van der Waals surface area contributed by atoms with Gasteiger partial charge >= 0.3 is 186 Å². The predicted octanol–water partition coefficient (Wildman–Crippen LogP) is 34.7. The first-order valence-electron chi connectivity index (χ1n) is 48.4. The van der Waals surface area contributed by atoms with Crippen molar-refractivity contribution in [3.63, 3.8) is 0 Å². The van der Waals surface area contributed by atoms with E-state index >= 15 is 0 Å². The number of nitrogens with zero attached hydrogens (tertiary/aromatic N) is 9. The Labute approximate surface area is 838 Å². The Hall–Kier alpha value is -18.4. The molecule has 0 aliphatic heterocycles. The molecule has 0 atom stereocenters. The molecule has 0 fully saturated rings. The van der Waals surface area contributed by atoms with Crippen LogP contribution < -0.4 is 0 Å². The van der Waals surface area contributed by atoms with Crippen molar-refractivity contribution >= 4 is 153 Å². The number of hydrogen-bond donors (Lipinski definition) is 0. The van der Waals surface area contributed by atoms with Crippen molar-refractivity contribution in [1.29, 1.82) is 0 Å². The normalized spacial score (nSPS) is 11.6. The first kappa shape index (κ1) is 84.8. The van der Waals surface area contributed by atoms with Gasteiger partial charge in [0.25, 0.3) is 0 Å². The van der Waals surface area contributed by atoms with Crippen molar-refractivity contribution in [2.45, 2.75) is 0 Å². The van der Waals surface area contributed by atoms with Gasteiger partial charge in [-0.05, 0) is 138 Å². The zero-order valence-corrected chi connectivity index (χ0v) is 80.2. The molecule has 0 saturated heterocycles. The Morgan fingerprint density at radius 3 is 0.910 bits per heavy atom. The minimum absolute atomic E-state index is 0.373. The summed E-state index contributed by atoms with van der Waals surface area (Å²) in [5, 5.41) is 15.0. The van der Waals surface area contributed by atoms with Crippen LogP contribution in [0.2, 0.25) is 0 Å². The maximum absolute atomic E-state index is 6.10. The number of hydrogen-bond acceptors (Lipinski definition) is 8. The molecule has 29 rings (SSSR count). The van der Waals surface area contributed by atoms with Gasteiger partial charge in [0.15, 0.2) is 11.6 Å². The van der Waals surface area contributed by atoms with Gasteiger partial charge in [-0.25, -0.2) is 29.9 Å². The molecule has 0 aliphatic rings. The van der Waals surface area contributed by atoms with Gasteiger partial charge in [0.1, 0.15) is 11.2 Å². The van der Waals surface area contributed by atoms with Crippen LogP contribution in [0.4, 0.5) is 0 Å². The average molecular weight is 1920 g/mol. The van der Waals surface area contributed by atoms with Crippen LogP contribution in [0.25, 0.3) is 268 Å². The zero-order valence-electron chi connectivity index (χ0n) is 77.7. The first-order valence-corrected chi connectivity index (χ1v) is 50.9. The molecular formula is C132H83N9OSSe. The summed E-state index contributed by atoms with van der Waals surface area (Å²) in [6.45, 7) is 0. The van der Waals surface area contributed by atoms with Crippen molar-refractivity contribution < 1.29 is 4.42 Å². The number of fused-ring (bicyclic) bond motifs is 18. The Kier molecular flexibility index (Phi) is 21.3. The summed E-state index contributed by atoms with van der Waals surface area (Å²) in [5.74, 6) is 2.07. The minimum atomic E-state index is 0.373. The fourth-order valence-electron chi connectivity index (χ4n) is 20.7. The van der Waals surface area contributed by atoms with E-state index in [1.807, 2.05) is 108 Å². The number of aromatic nitrogens is 9. The van der Waals surface area contributed by atoms with E-state index in [0.29, 0.717) is 32.1 Å². The second kappa shape index (κ2) is 36.1. The third kappa shape index (κ3) is 15.5. The summed E-state index contributed by atoms with van der Waals surface area (Å²) >= 11 is 2.23. The van der Waals surface area contributed by atoms with E-state index in [1.165, 1.54) is 116 Å². The van der Waals surface area contributed by atoms with Crippen LogP contribution in [0.5, 0.6) is 0 Å². The molecule has 0 saturated carbocycles. The topological polar surface area (TPSA) is 105 Å². The molecule has 0 bridgehead atoms. The van der Waals surface area contributed by atoms with Crippen molar-refractivity contribution in [3.05, 3.63) is 504 Å². The van der Waals surface area contributed by atoms with Crippen LogP contribution >= 0.6 is 11.3 Å². The van der Waals surface area contributed by atoms with Crippen LogP contribution in [-0.4, -0.2) is 58.1 Å². The minimum Gasteiger partial charge on any atom is -0.456 e. The Bertz CT molecular complexity index is 9440. The molecule has 20 aromatic carbocycles. The summed E-state index contributed by atoms with van der Waals surface area (Å²) < 4.78 is 18.6. The van der Waals surface area contributed by atoms with Crippen LogP contribution in [0.15, 0.2) is 508 Å². The van der Waals surface area contributed by atoms with E-state index in [4.69, 9.17) is 34.3 Å². The Morgan fingerprint density at radius 2 is 0.465 bits per heavy atom. The zero-order chi connectivity index (χ0) is 95.1. The fraction of sp³-hybridized carbons (Fsp3) is 0. The van der Waals surface area contributed by atoms with Gasteiger partial charge < -0.3 is 8.98 Å². The molecule has 674 valence electrons. The van der Waals surface area contributed by atoms with Gasteiger partial charge in [0.05, 0.1) is 56.2 Å². The van der Waals surface area contributed by atoms with Crippen LogP contribution in [0.3, 0.4) is 0 Å². The number of para-hydroxylation sites is 4. The van der Waals surface area contributed by atoms with Gasteiger partial charge in [-0.1, -0.05) is 279 Å². The van der Waals surface area contributed by atoms with Gasteiger partial charge in [-0.2, -0.15) is 0 Å². The third-order valence-corrected chi connectivity index (χ3v) is 31.3. The van der Waals surface area contributed by atoms with Gasteiger partial charge in [-0.15, -0.1) is 11.3 Å². The van der Waals surface area contributed by atoms with E-state index in [9.17, 15) is 0 Å². The summed E-state index contributed by atoms with van der Waals surface area (Å²) in [4.78, 5) is 30.5. The predicted molar refractivity (Wildman–Crippen MR) is 601 cm³/mol. The SMILES string of the molecule is c1ccc(-c2cc(-c3ccccc3)nc(-c3ccc(-n4c5ccccc5c5cc(-c6ccc7[se]c8ccccc8c7c6)ccc54)cc3)n2)cc1.c1ccc(-c2cc(-c3ccccc3)nc(-c3ccc(-n4c5ccccc5c5cc(-c6ccc7oc8ccccc8c7c6)ccc54)cc3)n2)cc1.c1ccc(-c2cc(-c3ccccc3)nc(-n3c4ccccc4c4cc(-c5ccc6sc7ccccc7c6c5)ccc43)n2)cc1. The van der Waals surface area contributed by atoms with Crippen molar-refractivity contribution in [1.82, 2.24) is 43.6 Å². The monoisotopic (exact) mass is 1920 g/mol. The Morgan fingerprint density at radius 1 is 0.174 bits per heavy atom. The van der Waals surface area contributed by atoms with E-state index in [1.54, 1.807) is 0 Å². The van der Waals surface area contributed by atoms with Crippen LogP contribution in [0, 0.1) is 0 Å². The number of benzene rings is 20. The van der Waals surface area contributed by atoms with E-state index in [-0.39, 0.29) is 0 Å². The Balaban J connectivity index is 0.000000108. The summed E-state index contributed by atoms with van der Waals surface area (Å²) in [6.07, 6.45) is 0. The number of rotatable bonds is 14. The molecule has 10 nitrogen and oxygen atoms in total. The first-order chi connectivity index (χ1) is 71.3. The summed E-state index contributed by atoms with van der Waals surface area (Å²) in [6, 6.07) is 178. The third-order valence-electron chi connectivity index (χ3n) is 27.7. The van der Waals surface area contributed by atoms with Crippen LogP contribution in [-0.2, 0) is 0 Å². The molecule has 0 aliphatic carbocycles. The number of furan rings is 1. The standard InChI is InChI=1S/C46H29N3O.C46H29N3Se.C40H25N3S/c2*1-3-11-30(12-4-1)40-29-41(31-13-5-2-6-14-31)48-46(47-40)32-19-23-35(24-20-32)49-42-17-9-7-15-36(42)38-27-33(21-25-43(38)49)34-22-26-45-39(28-34)37-16-8-10-18-44(37)50-45;1-3-11-26(12-4-1)34-25-35(27-13-5-2-6-14-27)42-40(41-34)43-36-17-9-7-15-30(36)32-23-28(19-21-37(32)43)29-20-22-39-33(24-29)31-16-8-10-18-38(31)44-39/h2*1-29H;1-25H. The summed E-state index contributed by atoms with van der Waals surface area (Å²) in [7, 11) is 0. The molecule has 144 heavy (non-hydrogen) atoms. The second-order valence-corrected chi connectivity index (χ2v) is 39.7. The second-order valence-electron chi connectivity index (χ2n) is 36.3. The van der Waals surface area contributed by atoms with E-state index in [2.05, 4.69) is 420 Å². The molecular weight excluding hydrogens is 1840 g/mol. The van der Waals surface area contributed by atoms with Crippen molar-refractivity contribution in [2.75, 3.05) is 0 Å². The van der Waals surface area contributed by atoms with Crippen LogP contribution in [0.1, 0.15) is 0 Å². The number of thiophene rings is 1. The average Bonchev–Trinajstić information content (AvgIpc) is 1.59. The molecule has 0 amide bonds. The van der Waals surface area contributed by atoms with Crippen molar-refractivity contribution in [3.8, 4) is 141 Å². The van der Waals surface area contributed by atoms with E-state index in [0.717, 1.165) is 134 Å². The molecule has 29 aromatic rings. The molecule has 0 unspecified atom stereocenters. The summed E-state index contributed by atoms with van der Waals surface area (Å²) in [5.41, 5.74) is 31.9. The van der Waals surface area contributed by atoms with Gasteiger partial charge in [-0.3, -0.25) is 4.57 Å². The van der Waals surface area contributed by atoms with Gasteiger partial charge in [0, 0.05) is 103 Å². The molecule has 0 N–H and O–H groups in total. The van der Waals surface area contributed by atoms with E-state index < -0.39 is 0 Å². The quantitative estimate of drug-likeness (QED) is 0.0999. The molecule has 0 radical (unpaired) electrons. The molecule has 9 heterocycles.